The van der Waals surface area contributed by atoms with Crippen LogP contribution in [0.5, 0.6) is 11.5 Å². The van der Waals surface area contributed by atoms with Gasteiger partial charge in [0.05, 0.1) is 7.11 Å². The van der Waals surface area contributed by atoms with Gasteiger partial charge >= 0.3 is 0 Å². The number of para-hydroxylation sites is 2. The Morgan fingerprint density at radius 1 is 0.964 bits per heavy atom. The standard InChI is InChI=1S/C23H32N2O3/c1-4-25(5-2)16-17-28-22-13-9-7-11-20(22)18-24-23(26)15-14-19-10-6-8-12-21(19)27-3/h6-13H,4-5,14-18H2,1-3H3,(H,24,26). The van der Waals surface area contributed by atoms with E-state index in [1.807, 2.05) is 48.5 Å². The van der Waals surface area contributed by atoms with E-state index in [0.717, 1.165) is 42.3 Å². The Hall–Kier alpha value is -2.53. The van der Waals surface area contributed by atoms with Gasteiger partial charge in [-0.2, -0.15) is 0 Å². The Morgan fingerprint density at radius 2 is 1.61 bits per heavy atom. The van der Waals surface area contributed by atoms with Gasteiger partial charge in [-0.05, 0) is 37.2 Å². The van der Waals surface area contributed by atoms with Crippen LogP contribution in [0.4, 0.5) is 0 Å². The fourth-order valence-corrected chi connectivity index (χ4v) is 3.06. The molecule has 152 valence electrons. The summed E-state index contributed by atoms with van der Waals surface area (Å²) in [4.78, 5) is 14.6. The topological polar surface area (TPSA) is 50.8 Å². The molecule has 5 heteroatoms. The normalized spacial score (nSPS) is 10.7. The Balaban J connectivity index is 1.82. The summed E-state index contributed by atoms with van der Waals surface area (Å²) in [6.07, 6.45) is 1.07. The van der Waals surface area contributed by atoms with E-state index in [1.54, 1.807) is 7.11 Å². The van der Waals surface area contributed by atoms with Crippen molar-refractivity contribution in [2.24, 2.45) is 0 Å². The van der Waals surface area contributed by atoms with Gasteiger partial charge in [-0.15, -0.1) is 0 Å². The molecule has 0 aliphatic carbocycles. The number of hydrogen-bond acceptors (Lipinski definition) is 4. The number of aryl methyl sites for hydroxylation is 1. The van der Waals surface area contributed by atoms with Crippen LogP contribution in [-0.4, -0.2) is 44.2 Å². The number of rotatable bonds is 12. The molecule has 0 fully saturated rings. The van der Waals surface area contributed by atoms with Gasteiger partial charge in [-0.1, -0.05) is 50.2 Å². The molecule has 0 bridgehead atoms. The molecule has 2 aromatic carbocycles. The third kappa shape index (κ3) is 6.89. The lowest BCUT2D eigenvalue weighted by Crippen LogP contribution is -2.28. The minimum Gasteiger partial charge on any atom is -0.496 e. The van der Waals surface area contributed by atoms with Gasteiger partial charge in [0.15, 0.2) is 0 Å². The second-order valence-electron chi connectivity index (χ2n) is 6.57. The molecule has 1 amide bonds. The first-order valence-corrected chi connectivity index (χ1v) is 9.99. The third-order valence-corrected chi connectivity index (χ3v) is 4.82. The van der Waals surface area contributed by atoms with E-state index in [2.05, 4.69) is 24.1 Å². The summed E-state index contributed by atoms with van der Waals surface area (Å²) in [5.41, 5.74) is 2.04. The summed E-state index contributed by atoms with van der Waals surface area (Å²) < 4.78 is 11.3. The highest BCUT2D eigenvalue weighted by Crippen LogP contribution is 2.20. The lowest BCUT2D eigenvalue weighted by atomic mass is 10.1. The first kappa shape index (κ1) is 21.8. The van der Waals surface area contributed by atoms with Crippen LogP contribution in [0.2, 0.25) is 0 Å². The number of nitrogens with one attached hydrogen (secondary N) is 1. The summed E-state index contributed by atoms with van der Waals surface area (Å²) in [5, 5.41) is 3.00. The molecule has 0 aromatic heterocycles. The van der Waals surface area contributed by atoms with E-state index in [1.165, 1.54) is 0 Å². The molecule has 5 nitrogen and oxygen atoms in total. The van der Waals surface area contributed by atoms with E-state index < -0.39 is 0 Å². The van der Waals surface area contributed by atoms with E-state index in [0.29, 0.717) is 26.0 Å². The van der Waals surface area contributed by atoms with Crippen LogP contribution in [0.3, 0.4) is 0 Å². The number of ether oxygens (including phenoxy) is 2. The van der Waals surface area contributed by atoms with E-state index in [4.69, 9.17) is 9.47 Å². The van der Waals surface area contributed by atoms with Crippen molar-refractivity contribution in [3.8, 4) is 11.5 Å². The molecular formula is C23H32N2O3. The van der Waals surface area contributed by atoms with Crippen LogP contribution in [0.1, 0.15) is 31.4 Å². The van der Waals surface area contributed by atoms with Gasteiger partial charge in [-0.25, -0.2) is 0 Å². The van der Waals surface area contributed by atoms with Crippen LogP contribution in [0.25, 0.3) is 0 Å². The van der Waals surface area contributed by atoms with Crippen LogP contribution < -0.4 is 14.8 Å². The first-order valence-electron chi connectivity index (χ1n) is 9.99. The molecule has 0 aliphatic rings. The van der Waals surface area contributed by atoms with E-state index in [9.17, 15) is 4.79 Å². The molecular weight excluding hydrogens is 352 g/mol. The smallest absolute Gasteiger partial charge is 0.220 e. The van der Waals surface area contributed by atoms with Crippen molar-refractivity contribution in [2.75, 3.05) is 33.4 Å². The maximum Gasteiger partial charge on any atom is 0.220 e. The maximum atomic E-state index is 12.3. The van der Waals surface area contributed by atoms with Crippen molar-refractivity contribution in [3.63, 3.8) is 0 Å². The number of carbonyl (C=O) groups excluding carboxylic acids is 1. The van der Waals surface area contributed by atoms with E-state index in [-0.39, 0.29) is 5.91 Å². The van der Waals surface area contributed by atoms with Crippen molar-refractivity contribution in [1.82, 2.24) is 10.2 Å². The Kier molecular flexibility index (Phi) is 9.35. The predicted octanol–water partition coefficient (Wildman–Crippen LogP) is 3.66. The fourth-order valence-electron chi connectivity index (χ4n) is 3.06. The average Bonchev–Trinajstić information content (AvgIpc) is 2.74. The second kappa shape index (κ2) is 12.0. The zero-order chi connectivity index (χ0) is 20.2. The number of benzene rings is 2. The number of nitrogens with zero attached hydrogens (tertiary/aromatic N) is 1. The van der Waals surface area contributed by atoms with Crippen molar-refractivity contribution in [1.29, 1.82) is 0 Å². The number of carbonyl (C=O) groups is 1. The average molecular weight is 385 g/mol. The first-order chi connectivity index (χ1) is 13.7. The summed E-state index contributed by atoms with van der Waals surface area (Å²) >= 11 is 0. The highest BCUT2D eigenvalue weighted by Gasteiger charge is 2.09. The van der Waals surface area contributed by atoms with Crippen LogP contribution in [-0.2, 0) is 17.8 Å². The zero-order valence-electron chi connectivity index (χ0n) is 17.2. The molecule has 0 radical (unpaired) electrons. The van der Waals surface area contributed by atoms with Gasteiger partial charge in [0, 0.05) is 25.1 Å². The van der Waals surface area contributed by atoms with Crippen molar-refractivity contribution in [2.45, 2.75) is 33.2 Å². The maximum absolute atomic E-state index is 12.3. The molecule has 0 saturated heterocycles. The van der Waals surface area contributed by atoms with Gasteiger partial charge in [0.1, 0.15) is 18.1 Å². The minimum absolute atomic E-state index is 0.0175. The minimum atomic E-state index is 0.0175. The van der Waals surface area contributed by atoms with Crippen LogP contribution >= 0.6 is 0 Å². The summed E-state index contributed by atoms with van der Waals surface area (Å²) in [7, 11) is 1.65. The lowest BCUT2D eigenvalue weighted by Gasteiger charge is -2.19. The summed E-state index contributed by atoms with van der Waals surface area (Å²) in [6, 6.07) is 15.7. The van der Waals surface area contributed by atoms with Gasteiger partial charge < -0.3 is 19.7 Å². The molecule has 0 unspecified atom stereocenters. The Morgan fingerprint density at radius 3 is 2.29 bits per heavy atom. The quantitative estimate of drug-likeness (QED) is 0.607. The van der Waals surface area contributed by atoms with Gasteiger partial charge in [0.25, 0.3) is 0 Å². The largest absolute Gasteiger partial charge is 0.496 e. The number of likely N-dealkylation sites (N-methyl/N-ethyl adjacent to an activating group) is 1. The SMILES string of the molecule is CCN(CC)CCOc1ccccc1CNC(=O)CCc1ccccc1OC. The molecule has 0 saturated carbocycles. The van der Waals surface area contributed by atoms with Crippen molar-refractivity contribution in [3.05, 3.63) is 59.7 Å². The summed E-state index contributed by atoms with van der Waals surface area (Å²) in [5.74, 6) is 1.67. The molecule has 0 spiro atoms. The number of hydrogen-bond donors (Lipinski definition) is 1. The monoisotopic (exact) mass is 384 g/mol. The molecule has 2 aromatic rings. The van der Waals surface area contributed by atoms with Crippen molar-refractivity contribution >= 4 is 5.91 Å². The molecule has 2 rings (SSSR count). The number of amides is 1. The predicted molar refractivity (Wildman–Crippen MR) is 113 cm³/mol. The summed E-state index contributed by atoms with van der Waals surface area (Å²) in [6.45, 7) is 8.34. The molecule has 0 aliphatic heterocycles. The molecule has 0 atom stereocenters. The molecule has 1 N–H and O–H groups in total. The highest BCUT2D eigenvalue weighted by atomic mass is 16.5. The molecule has 0 heterocycles. The van der Waals surface area contributed by atoms with Crippen LogP contribution in [0.15, 0.2) is 48.5 Å². The Labute approximate surface area is 168 Å². The van der Waals surface area contributed by atoms with Gasteiger partial charge in [-0.3, -0.25) is 4.79 Å². The fraction of sp³-hybridized carbons (Fsp3) is 0.435. The third-order valence-electron chi connectivity index (χ3n) is 4.82. The van der Waals surface area contributed by atoms with Gasteiger partial charge in [0.2, 0.25) is 5.91 Å². The Bertz CT molecular complexity index is 729. The highest BCUT2D eigenvalue weighted by molar-refractivity contribution is 5.76. The van der Waals surface area contributed by atoms with Crippen molar-refractivity contribution < 1.29 is 14.3 Å². The number of methoxy groups -OCH3 is 1. The molecule has 28 heavy (non-hydrogen) atoms. The second-order valence-corrected chi connectivity index (χ2v) is 6.57. The van der Waals surface area contributed by atoms with Crippen LogP contribution in [0, 0.1) is 0 Å². The lowest BCUT2D eigenvalue weighted by molar-refractivity contribution is -0.121. The zero-order valence-corrected chi connectivity index (χ0v) is 17.2. The van der Waals surface area contributed by atoms with E-state index >= 15 is 0 Å².